The molecule has 19 heavy (non-hydrogen) atoms. The van der Waals surface area contributed by atoms with E-state index >= 15 is 0 Å². The zero-order chi connectivity index (χ0) is 13.8. The van der Waals surface area contributed by atoms with Gasteiger partial charge in [-0.2, -0.15) is 0 Å². The van der Waals surface area contributed by atoms with Gasteiger partial charge < -0.3 is 0 Å². The minimum absolute atomic E-state index is 0.0191. The largest absolute Gasteiger partial charge is 0.298 e. The Bertz CT molecular complexity index is 571. The summed E-state index contributed by atoms with van der Waals surface area (Å²) in [6, 6.07) is 13.4. The first kappa shape index (κ1) is 13.7. The monoisotopic (exact) mass is 318 g/mol. The number of likely N-dealkylation sites (N-methyl/N-ethyl adjacent to an activating group) is 1. The maximum atomic E-state index is 12.5. The summed E-state index contributed by atoms with van der Waals surface area (Å²) in [6.07, 6.45) is 1.68. The molecule has 98 valence electrons. The summed E-state index contributed by atoms with van der Waals surface area (Å²) in [7, 11) is 1.74. The molecule has 0 spiro atoms. The molecule has 0 bridgehead atoms. The standard InChI is InChI=1S/C15H15BrN2O/c1-11(12-7-4-3-5-8-12)15(19)18(2)14-13(16)9-6-10-17-14/h3-11H,1-2H3. The van der Waals surface area contributed by atoms with E-state index in [-0.39, 0.29) is 11.8 Å². The van der Waals surface area contributed by atoms with Gasteiger partial charge in [-0.3, -0.25) is 9.69 Å². The summed E-state index contributed by atoms with van der Waals surface area (Å²) in [5.74, 6) is 0.459. The van der Waals surface area contributed by atoms with Gasteiger partial charge in [-0.25, -0.2) is 4.98 Å². The third-order valence-electron chi connectivity index (χ3n) is 3.06. The number of rotatable bonds is 3. The molecule has 0 aliphatic rings. The number of carbonyl (C=O) groups excluding carboxylic acids is 1. The van der Waals surface area contributed by atoms with Crippen LogP contribution in [0.4, 0.5) is 5.82 Å². The molecule has 0 radical (unpaired) electrons. The van der Waals surface area contributed by atoms with Crippen molar-refractivity contribution < 1.29 is 4.79 Å². The van der Waals surface area contributed by atoms with Gasteiger partial charge in [0.1, 0.15) is 5.82 Å². The number of benzene rings is 1. The van der Waals surface area contributed by atoms with Crippen LogP contribution in [0.2, 0.25) is 0 Å². The van der Waals surface area contributed by atoms with Gasteiger partial charge in [0.05, 0.1) is 10.4 Å². The molecule has 0 N–H and O–H groups in total. The van der Waals surface area contributed by atoms with Crippen LogP contribution in [0.15, 0.2) is 53.1 Å². The van der Waals surface area contributed by atoms with Crippen molar-refractivity contribution in [2.24, 2.45) is 0 Å². The number of halogens is 1. The van der Waals surface area contributed by atoms with E-state index in [4.69, 9.17) is 0 Å². The highest BCUT2D eigenvalue weighted by molar-refractivity contribution is 9.10. The highest BCUT2D eigenvalue weighted by Gasteiger charge is 2.22. The first-order chi connectivity index (χ1) is 9.11. The Morgan fingerprint density at radius 3 is 2.53 bits per heavy atom. The Morgan fingerprint density at radius 1 is 1.21 bits per heavy atom. The fraction of sp³-hybridized carbons (Fsp3) is 0.200. The van der Waals surface area contributed by atoms with Crippen molar-refractivity contribution in [1.82, 2.24) is 4.98 Å². The zero-order valence-electron chi connectivity index (χ0n) is 10.9. The van der Waals surface area contributed by atoms with E-state index in [1.807, 2.05) is 49.4 Å². The van der Waals surface area contributed by atoms with Gasteiger partial charge in [-0.1, -0.05) is 30.3 Å². The third kappa shape index (κ3) is 3.01. The summed E-state index contributed by atoms with van der Waals surface area (Å²) in [6.45, 7) is 1.91. The molecule has 3 nitrogen and oxygen atoms in total. The molecular weight excluding hydrogens is 304 g/mol. The lowest BCUT2D eigenvalue weighted by atomic mass is 10.00. The Morgan fingerprint density at radius 2 is 1.89 bits per heavy atom. The molecule has 2 rings (SSSR count). The SMILES string of the molecule is CC(C(=O)N(C)c1ncccc1Br)c1ccccc1. The number of carbonyl (C=O) groups is 1. The average molecular weight is 319 g/mol. The maximum absolute atomic E-state index is 12.5. The van der Waals surface area contributed by atoms with Crippen molar-refractivity contribution in [3.63, 3.8) is 0 Å². The van der Waals surface area contributed by atoms with Crippen LogP contribution in [-0.2, 0) is 4.79 Å². The molecule has 1 heterocycles. The number of hydrogen-bond acceptors (Lipinski definition) is 2. The highest BCUT2D eigenvalue weighted by atomic mass is 79.9. The molecule has 0 saturated carbocycles. The van der Waals surface area contributed by atoms with Crippen molar-refractivity contribution in [2.45, 2.75) is 12.8 Å². The predicted molar refractivity (Wildman–Crippen MR) is 80.2 cm³/mol. The lowest BCUT2D eigenvalue weighted by Gasteiger charge is -2.21. The van der Waals surface area contributed by atoms with Crippen molar-refractivity contribution in [2.75, 3.05) is 11.9 Å². The van der Waals surface area contributed by atoms with Gasteiger partial charge in [0, 0.05) is 13.2 Å². The molecule has 0 fully saturated rings. The number of hydrogen-bond donors (Lipinski definition) is 0. The minimum Gasteiger partial charge on any atom is -0.298 e. The number of amides is 1. The number of aromatic nitrogens is 1. The third-order valence-corrected chi connectivity index (χ3v) is 3.68. The molecule has 1 aromatic carbocycles. The molecule has 0 aliphatic heterocycles. The molecule has 1 unspecified atom stereocenters. The van der Waals surface area contributed by atoms with Gasteiger partial charge in [0.15, 0.2) is 0 Å². The first-order valence-electron chi connectivity index (χ1n) is 6.04. The average Bonchev–Trinajstić information content (AvgIpc) is 2.46. The maximum Gasteiger partial charge on any atom is 0.235 e. The molecular formula is C15H15BrN2O. The van der Waals surface area contributed by atoms with Crippen LogP contribution in [0.3, 0.4) is 0 Å². The second-order valence-electron chi connectivity index (χ2n) is 4.34. The normalized spacial score (nSPS) is 11.9. The predicted octanol–water partition coefficient (Wildman–Crippen LogP) is 3.61. The minimum atomic E-state index is -0.194. The number of anilines is 1. The molecule has 0 saturated heterocycles. The number of pyridine rings is 1. The summed E-state index contributed by atoms with van der Waals surface area (Å²) in [5.41, 5.74) is 1.01. The summed E-state index contributed by atoms with van der Waals surface area (Å²) >= 11 is 3.41. The van der Waals surface area contributed by atoms with E-state index in [0.29, 0.717) is 5.82 Å². The van der Waals surface area contributed by atoms with Crippen LogP contribution in [-0.4, -0.2) is 17.9 Å². The van der Waals surface area contributed by atoms with Crippen LogP contribution in [0, 0.1) is 0 Å². The van der Waals surface area contributed by atoms with E-state index in [1.165, 1.54) is 0 Å². The molecule has 0 aliphatic carbocycles. The smallest absolute Gasteiger partial charge is 0.235 e. The lowest BCUT2D eigenvalue weighted by molar-refractivity contribution is -0.119. The highest BCUT2D eigenvalue weighted by Crippen LogP contribution is 2.25. The van der Waals surface area contributed by atoms with Gasteiger partial charge in [0.25, 0.3) is 0 Å². The van der Waals surface area contributed by atoms with E-state index in [9.17, 15) is 4.79 Å². The summed E-state index contributed by atoms with van der Waals surface area (Å²) in [4.78, 5) is 18.3. The van der Waals surface area contributed by atoms with Crippen LogP contribution in [0.5, 0.6) is 0 Å². The van der Waals surface area contributed by atoms with E-state index in [0.717, 1.165) is 10.0 Å². The van der Waals surface area contributed by atoms with Crippen molar-refractivity contribution in [3.8, 4) is 0 Å². The lowest BCUT2D eigenvalue weighted by Crippen LogP contribution is -2.31. The zero-order valence-corrected chi connectivity index (χ0v) is 12.5. The van der Waals surface area contributed by atoms with Crippen LogP contribution < -0.4 is 4.90 Å². The Hall–Kier alpha value is -1.68. The number of nitrogens with zero attached hydrogens (tertiary/aromatic N) is 2. The fourth-order valence-corrected chi connectivity index (χ4v) is 2.42. The quantitative estimate of drug-likeness (QED) is 0.866. The van der Waals surface area contributed by atoms with E-state index in [2.05, 4.69) is 20.9 Å². The summed E-state index contributed by atoms with van der Waals surface area (Å²) < 4.78 is 0.811. The van der Waals surface area contributed by atoms with Gasteiger partial charge in [-0.15, -0.1) is 0 Å². The Labute approximate surface area is 121 Å². The molecule has 4 heteroatoms. The topological polar surface area (TPSA) is 33.2 Å². The van der Waals surface area contributed by atoms with Crippen LogP contribution >= 0.6 is 15.9 Å². The van der Waals surface area contributed by atoms with Crippen molar-refractivity contribution >= 4 is 27.7 Å². The van der Waals surface area contributed by atoms with E-state index < -0.39 is 0 Å². The first-order valence-corrected chi connectivity index (χ1v) is 6.83. The molecule has 1 atom stereocenters. The van der Waals surface area contributed by atoms with Gasteiger partial charge in [0.2, 0.25) is 5.91 Å². The second kappa shape index (κ2) is 5.97. The Kier molecular flexibility index (Phi) is 4.32. The fourth-order valence-electron chi connectivity index (χ4n) is 1.90. The summed E-state index contributed by atoms with van der Waals surface area (Å²) in [5, 5.41) is 0. The Balaban J connectivity index is 2.23. The van der Waals surface area contributed by atoms with Gasteiger partial charge in [-0.05, 0) is 40.5 Å². The molecule has 1 amide bonds. The van der Waals surface area contributed by atoms with E-state index in [1.54, 1.807) is 18.1 Å². The molecule has 2 aromatic rings. The molecule has 1 aromatic heterocycles. The second-order valence-corrected chi connectivity index (χ2v) is 5.19. The van der Waals surface area contributed by atoms with Crippen molar-refractivity contribution in [3.05, 3.63) is 58.7 Å². The van der Waals surface area contributed by atoms with Crippen LogP contribution in [0.1, 0.15) is 18.4 Å². The van der Waals surface area contributed by atoms with Crippen molar-refractivity contribution in [1.29, 1.82) is 0 Å². The van der Waals surface area contributed by atoms with Gasteiger partial charge >= 0.3 is 0 Å². The van der Waals surface area contributed by atoms with Crippen LogP contribution in [0.25, 0.3) is 0 Å².